The molecule has 0 aliphatic carbocycles. The van der Waals surface area contributed by atoms with Crippen LogP contribution in [-0.2, 0) is 9.53 Å². The highest BCUT2D eigenvalue weighted by molar-refractivity contribution is 5.77. The van der Waals surface area contributed by atoms with Crippen molar-refractivity contribution < 1.29 is 9.53 Å². The van der Waals surface area contributed by atoms with Gasteiger partial charge in [0.15, 0.2) is 0 Å². The molecule has 0 saturated carbocycles. The monoisotopic (exact) mass is 226 g/mol. The van der Waals surface area contributed by atoms with Crippen LogP contribution in [-0.4, -0.2) is 49.7 Å². The molecule has 2 atom stereocenters. The molecule has 4 heteroatoms. The molecule has 0 spiro atoms. The summed E-state index contributed by atoms with van der Waals surface area (Å²) >= 11 is 0. The number of hydrogen-bond donors (Lipinski definition) is 1. The molecule has 0 bridgehead atoms. The van der Waals surface area contributed by atoms with Crippen molar-refractivity contribution >= 4 is 5.91 Å². The number of hydrogen-bond acceptors (Lipinski definition) is 3. The molecular weight excluding hydrogens is 204 g/mol. The van der Waals surface area contributed by atoms with Gasteiger partial charge in [0.1, 0.15) is 6.61 Å². The normalized spacial score (nSPS) is 29.2. The maximum atomic E-state index is 11.8. The van der Waals surface area contributed by atoms with Crippen molar-refractivity contribution in [1.82, 2.24) is 10.2 Å². The van der Waals surface area contributed by atoms with E-state index in [-0.39, 0.29) is 12.5 Å². The lowest BCUT2D eigenvalue weighted by Gasteiger charge is -2.34. The van der Waals surface area contributed by atoms with Gasteiger partial charge < -0.3 is 15.0 Å². The number of amides is 1. The number of carbonyl (C=O) groups excluding carboxylic acids is 1. The molecule has 2 unspecified atom stereocenters. The van der Waals surface area contributed by atoms with Gasteiger partial charge in [-0.25, -0.2) is 0 Å². The summed E-state index contributed by atoms with van der Waals surface area (Å²) in [5.41, 5.74) is 0. The quantitative estimate of drug-likeness (QED) is 0.715. The topological polar surface area (TPSA) is 41.6 Å². The van der Waals surface area contributed by atoms with Crippen molar-refractivity contribution in [3.05, 3.63) is 0 Å². The highest BCUT2D eigenvalue weighted by atomic mass is 16.5. The zero-order valence-electron chi connectivity index (χ0n) is 10.1. The van der Waals surface area contributed by atoms with E-state index in [4.69, 9.17) is 4.74 Å². The third-order valence-electron chi connectivity index (χ3n) is 3.58. The summed E-state index contributed by atoms with van der Waals surface area (Å²) in [5.74, 6) is 0.836. The molecule has 0 aromatic heterocycles. The average molecular weight is 226 g/mol. The van der Waals surface area contributed by atoms with Crippen LogP contribution in [0.2, 0.25) is 0 Å². The Morgan fingerprint density at radius 3 is 3.19 bits per heavy atom. The molecule has 2 fully saturated rings. The third kappa shape index (κ3) is 2.74. The first kappa shape index (κ1) is 11.9. The fourth-order valence-electron chi connectivity index (χ4n) is 2.67. The van der Waals surface area contributed by atoms with Crippen LogP contribution in [0.1, 0.15) is 26.2 Å². The van der Waals surface area contributed by atoms with Crippen LogP contribution in [0.3, 0.4) is 0 Å². The molecule has 2 aliphatic rings. The Labute approximate surface area is 97.3 Å². The highest BCUT2D eigenvalue weighted by Gasteiger charge is 2.34. The van der Waals surface area contributed by atoms with Gasteiger partial charge in [0.05, 0.1) is 0 Å². The number of rotatable bonds is 4. The zero-order chi connectivity index (χ0) is 11.4. The molecule has 2 heterocycles. The molecule has 1 N–H and O–H groups in total. The number of likely N-dealkylation sites (tertiary alicyclic amines) is 1. The van der Waals surface area contributed by atoms with Gasteiger partial charge in [0.2, 0.25) is 5.91 Å². The maximum absolute atomic E-state index is 11.8. The standard InChI is InChI=1S/C12H22N2O2/c1-2-7-16-9-12(15)14-6-4-11-10(8-14)3-5-13-11/h10-11,13H,2-9H2,1H3. The van der Waals surface area contributed by atoms with Crippen molar-refractivity contribution in [2.24, 2.45) is 5.92 Å². The van der Waals surface area contributed by atoms with Crippen molar-refractivity contribution in [2.75, 3.05) is 32.8 Å². The van der Waals surface area contributed by atoms with Crippen molar-refractivity contribution in [2.45, 2.75) is 32.2 Å². The number of nitrogens with zero attached hydrogens (tertiary/aromatic N) is 1. The molecule has 2 aliphatic heterocycles. The first-order chi connectivity index (χ1) is 7.81. The van der Waals surface area contributed by atoms with Gasteiger partial charge in [-0.1, -0.05) is 6.92 Å². The van der Waals surface area contributed by atoms with Crippen LogP contribution in [0, 0.1) is 5.92 Å². The van der Waals surface area contributed by atoms with Crippen molar-refractivity contribution in [1.29, 1.82) is 0 Å². The van der Waals surface area contributed by atoms with Crippen LogP contribution in [0.25, 0.3) is 0 Å². The fourth-order valence-corrected chi connectivity index (χ4v) is 2.67. The van der Waals surface area contributed by atoms with E-state index in [0.717, 1.165) is 32.5 Å². The molecule has 0 aromatic carbocycles. The summed E-state index contributed by atoms with van der Waals surface area (Å²) in [4.78, 5) is 13.8. The largest absolute Gasteiger partial charge is 0.372 e. The summed E-state index contributed by atoms with van der Waals surface area (Å²) in [7, 11) is 0. The molecular formula is C12H22N2O2. The number of carbonyl (C=O) groups is 1. The smallest absolute Gasteiger partial charge is 0.248 e. The van der Waals surface area contributed by atoms with Gasteiger partial charge in [-0.3, -0.25) is 4.79 Å². The Bertz CT molecular complexity index is 245. The second kappa shape index (κ2) is 5.64. The molecule has 1 amide bonds. The van der Waals surface area contributed by atoms with E-state index < -0.39 is 0 Å². The minimum absolute atomic E-state index is 0.166. The number of ether oxygens (including phenoxy) is 1. The minimum Gasteiger partial charge on any atom is -0.372 e. The molecule has 92 valence electrons. The third-order valence-corrected chi connectivity index (χ3v) is 3.58. The first-order valence-electron chi connectivity index (χ1n) is 6.40. The Kier molecular flexibility index (Phi) is 4.18. The fraction of sp³-hybridized carbons (Fsp3) is 0.917. The number of piperidine rings is 1. The molecule has 16 heavy (non-hydrogen) atoms. The predicted octanol–water partition coefficient (Wildman–Crippen LogP) is 0.623. The van der Waals surface area contributed by atoms with Gasteiger partial charge in [0, 0.05) is 25.7 Å². The lowest BCUT2D eigenvalue weighted by atomic mass is 9.93. The number of nitrogens with one attached hydrogen (secondary N) is 1. The van der Waals surface area contributed by atoms with E-state index >= 15 is 0 Å². The highest BCUT2D eigenvalue weighted by Crippen LogP contribution is 2.24. The SMILES string of the molecule is CCCOCC(=O)N1CCC2NCCC2C1. The number of fused-ring (bicyclic) bond motifs is 1. The van der Waals surface area contributed by atoms with E-state index in [9.17, 15) is 4.79 Å². The van der Waals surface area contributed by atoms with E-state index in [1.807, 2.05) is 4.90 Å². The minimum atomic E-state index is 0.166. The molecule has 0 aromatic rings. The van der Waals surface area contributed by atoms with Gasteiger partial charge in [-0.05, 0) is 31.7 Å². The summed E-state index contributed by atoms with van der Waals surface area (Å²) in [6.07, 6.45) is 3.29. The lowest BCUT2D eigenvalue weighted by molar-refractivity contribution is -0.138. The first-order valence-corrected chi connectivity index (χ1v) is 6.40. The predicted molar refractivity (Wildman–Crippen MR) is 62.2 cm³/mol. The lowest BCUT2D eigenvalue weighted by Crippen LogP contribution is -2.47. The Balaban J connectivity index is 1.75. The van der Waals surface area contributed by atoms with Crippen LogP contribution in [0.15, 0.2) is 0 Å². The maximum Gasteiger partial charge on any atom is 0.248 e. The Hall–Kier alpha value is -0.610. The van der Waals surface area contributed by atoms with Gasteiger partial charge >= 0.3 is 0 Å². The van der Waals surface area contributed by atoms with Crippen LogP contribution < -0.4 is 5.32 Å². The van der Waals surface area contributed by atoms with Gasteiger partial charge in [-0.2, -0.15) is 0 Å². The van der Waals surface area contributed by atoms with Crippen LogP contribution in [0.5, 0.6) is 0 Å². The molecule has 2 saturated heterocycles. The summed E-state index contributed by atoms with van der Waals surface area (Å²) < 4.78 is 5.30. The summed E-state index contributed by atoms with van der Waals surface area (Å²) in [6.45, 7) is 5.93. The van der Waals surface area contributed by atoms with E-state index in [0.29, 0.717) is 18.6 Å². The molecule has 4 nitrogen and oxygen atoms in total. The second-order valence-electron chi connectivity index (χ2n) is 4.79. The molecule has 0 radical (unpaired) electrons. The summed E-state index contributed by atoms with van der Waals surface area (Å²) in [6, 6.07) is 0.653. The zero-order valence-corrected chi connectivity index (χ0v) is 10.1. The van der Waals surface area contributed by atoms with Gasteiger partial charge in [-0.15, -0.1) is 0 Å². The molecule has 2 rings (SSSR count). The van der Waals surface area contributed by atoms with Crippen LogP contribution in [0.4, 0.5) is 0 Å². The van der Waals surface area contributed by atoms with E-state index in [1.165, 1.54) is 6.42 Å². The van der Waals surface area contributed by atoms with E-state index in [1.54, 1.807) is 0 Å². The van der Waals surface area contributed by atoms with E-state index in [2.05, 4.69) is 12.2 Å². The Morgan fingerprint density at radius 2 is 2.38 bits per heavy atom. The average Bonchev–Trinajstić information content (AvgIpc) is 2.76. The Morgan fingerprint density at radius 1 is 1.50 bits per heavy atom. The second-order valence-corrected chi connectivity index (χ2v) is 4.79. The van der Waals surface area contributed by atoms with Crippen LogP contribution >= 0.6 is 0 Å². The van der Waals surface area contributed by atoms with Crippen molar-refractivity contribution in [3.8, 4) is 0 Å². The van der Waals surface area contributed by atoms with Crippen molar-refractivity contribution in [3.63, 3.8) is 0 Å². The van der Waals surface area contributed by atoms with Gasteiger partial charge in [0.25, 0.3) is 0 Å². The summed E-state index contributed by atoms with van der Waals surface area (Å²) in [5, 5.41) is 3.50.